The number of nitriles is 1. The number of carbonyl (C=O) groups is 1. The summed E-state index contributed by atoms with van der Waals surface area (Å²) in [5.41, 5.74) is -2.65. The third kappa shape index (κ3) is 5.72. The lowest BCUT2D eigenvalue weighted by Gasteiger charge is -2.28. The van der Waals surface area contributed by atoms with Gasteiger partial charge < -0.3 is 5.32 Å². The van der Waals surface area contributed by atoms with Gasteiger partial charge in [0.15, 0.2) is 27.3 Å². The maximum Gasteiger partial charge on any atom is 0.408 e. The Morgan fingerprint density at radius 3 is 2.31 bits per heavy atom. The molecule has 0 spiro atoms. The van der Waals surface area contributed by atoms with Gasteiger partial charge in [-0.3, -0.25) is 10.1 Å². The normalized spacial score (nSPS) is 19.7. The largest absolute Gasteiger partial charge is 0.408 e. The van der Waals surface area contributed by atoms with Crippen LogP contribution in [0.3, 0.4) is 0 Å². The van der Waals surface area contributed by atoms with E-state index in [-0.39, 0.29) is 24.5 Å². The Balaban J connectivity index is 1.93. The molecule has 0 aliphatic heterocycles. The van der Waals surface area contributed by atoms with Crippen molar-refractivity contribution in [1.82, 2.24) is 10.6 Å². The summed E-state index contributed by atoms with van der Waals surface area (Å²) < 4.78 is 107. The van der Waals surface area contributed by atoms with Gasteiger partial charge in [0.2, 0.25) is 5.91 Å². The minimum atomic E-state index is -5.30. The Kier molecular flexibility index (Phi) is 6.50. The van der Waals surface area contributed by atoms with Crippen LogP contribution in [0.5, 0.6) is 0 Å². The van der Waals surface area contributed by atoms with E-state index in [1.807, 2.05) is 0 Å². The summed E-state index contributed by atoms with van der Waals surface area (Å²) in [4.78, 5) is 12.7. The average molecular weight is 483 g/mol. The quantitative estimate of drug-likeness (QED) is 0.416. The predicted molar refractivity (Wildman–Crippen MR) is 99.1 cm³/mol. The molecule has 2 aliphatic carbocycles. The van der Waals surface area contributed by atoms with Crippen molar-refractivity contribution in [2.45, 2.75) is 49.5 Å². The van der Waals surface area contributed by atoms with Crippen LogP contribution in [0.15, 0.2) is 12.1 Å². The van der Waals surface area contributed by atoms with E-state index < -0.39 is 68.3 Å². The molecule has 6 nitrogen and oxygen atoms in total. The molecule has 0 bridgehead atoms. The monoisotopic (exact) mass is 483 g/mol. The van der Waals surface area contributed by atoms with Crippen molar-refractivity contribution >= 4 is 15.7 Å². The minimum absolute atomic E-state index is 0.153. The van der Waals surface area contributed by atoms with E-state index in [0.29, 0.717) is 25.0 Å². The summed E-state index contributed by atoms with van der Waals surface area (Å²) in [6.45, 7) is 0. The lowest BCUT2D eigenvalue weighted by atomic mass is 10.0. The van der Waals surface area contributed by atoms with Crippen LogP contribution in [-0.4, -0.2) is 43.6 Å². The van der Waals surface area contributed by atoms with Crippen molar-refractivity contribution < 1.29 is 39.6 Å². The lowest BCUT2D eigenvalue weighted by molar-refractivity contribution is -0.161. The number of amides is 1. The van der Waals surface area contributed by atoms with Gasteiger partial charge in [0, 0.05) is 5.56 Å². The molecule has 2 fully saturated rings. The third-order valence-electron chi connectivity index (χ3n) is 5.32. The van der Waals surface area contributed by atoms with Crippen molar-refractivity contribution in [2.75, 3.05) is 11.5 Å². The molecular weight excluding hydrogens is 464 g/mol. The second-order valence-corrected chi connectivity index (χ2v) is 10.3. The predicted octanol–water partition coefficient (Wildman–Crippen LogP) is 2.66. The molecule has 0 unspecified atom stereocenters. The zero-order valence-corrected chi connectivity index (χ0v) is 17.3. The highest BCUT2D eigenvalue weighted by Crippen LogP contribution is 2.37. The number of carbonyl (C=O) groups excluding carboxylic acids is 1. The standard InChI is InChI=1S/C19H19F6N3O3S/c20-12-4-3-11(14(21)15(12)22)16(19(23,24)25)27-13(8-32(30,31)7-10-1-2-10)17(29)28-18(9-26)5-6-18/h3-4,10,13,16,27H,1-2,5-8H2,(H,28,29)/t13-,16+/m0/s1. The van der Waals surface area contributed by atoms with Crippen LogP contribution in [0.2, 0.25) is 0 Å². The van der Waals surface area contributed by atoms with Crippen molar-refractivity contribution in [1.29, 1.82) is 5.26 Å². The maximum absolute atomic E-state index is 14.1. The Morgan fingerprint density at radius 2 is 1.81 bits per heavy atom. The molecule has 0 saturated heterocycles. The SMILES string of the molecule is N#CC1(NC(=O)[C@H](CS(=O)(=O)CC2CC2)N[C@H](c2ccc(F)c(F)c2F)C(F)(F)F)CC1. The molecule has 0 aromatic heterocycles. The summed E-state index contributed by atoms with van der Waals surface area (Å²) in [5, 5.41) is 13.1. The summed E-state index contributed by atoms with van der Waals surface area (Å²) in [5.74, 6) is -8.69. The molecule has 2 saturated carbocycles. The molecule has 176 valence electrons. The van der Waals surface area contributed by atoms with Crippen LogP contribution < -0.4 is 10.6 Å². The van der Waals surface area contributed by atoms with Crippen molar-refractivity contribution in [3.63, 3.8) is 0 Å². The highest BCUT2D eigenvalue weighted by Gasteiger charge is 2.49. The van der Waals surface area contributed by atoms with Crippen LogP contribution in [-0.2, 0) is 14.6 Å². The Hall–Kier alpha value is -2.33. The van der Waals surface area contributed by atoms with E-state index in [1.165, 1.54) is 0 Å². The van der Waals surface area contributed by atoms with E-state index in [2.05, 4.69) is 5.32 Å². The zero-order chi connectivity index (χ0) is 23.9. The Morgan fingerprint density at radius 1 is 1.19 bits per heavy atom. The van der Waals surface area contributed by atoms with Crippen molar-refractivity contribution in [3.8, 4) is 6.07 Å². The molecule has 32 heavy (non-hydrogen) atoms. The van der Waals surface area contributed by atoms with Crippen molar-refractivity contribution in [3.05, 3.63) is 35.1 Å². The second-order valence-electron chi connectivity index (χ2n) is 8.16. The first-order valence-corrected chi connectivity index (χ1v) is 11.5. The fraction of sp³-hybridized carbons (Fsp3) is 0.579. The number of hydrogen-bond acceptors (Lipinski definition) is 5. The number of hydrogen-bond donors (Lipinski definition) is 2. The number of benzene rings is 1. The van der Waals surface area contributed by atoms with E-state index in [9.17, 15) is 39.6 Å². The van der Waals surface area contributed by atoms with Crippen LogP contribution in [0.4, 0.5) is 26.3 Å². The minimum Gasteiger partial charge on any atom is -0.336 e. The van der Waals surface area contributed by atoms with E-state index in [4.69, 9.17) is 5.26 Å². The molecule has 1 aromatic carbocycles. The number of rotatable bonds is 9. The first kappa shape index (κ1) is 24.3. The second kappa shape index (κ2) is 8.55. The number of nitrogens with one attached hydrogen (secondary N) is 2. The first-order valence-electron chi connectivity index (χ1n) is 9.67. The van der Waals surface area contributed by atoms with Gasteiger partial charge in [-0.1, -0.05) is 6.07 Å². The van der Waals surface area contributed by atoms with Gasteiger partial charge in [0.25, 0.3) is 0 Å². The van der Waals surface area contributed by atoms with E-state index in [1.54, 1.807) is 11.4 Å². The molecule has 2 atom stereocenters. The van der Waals surface area contributed by atoms with Crippen LogP contribution >= 0.6 is 0 Å². The van der Waals surface area contributed by atoms with Crippen molar-refractivity contribution in [2.24, 2.45) is 5.92 Å². The number of alkyl halides is 3. The molecule has 0 heterocycles. The van der Waals surface area contributed by atoms with Gasteiger partial charge in [-0.05, 0) is 37.7 Å². The molecule has 13 heteroatoms. The van der Waals surface area contributed by atoms with Gasteiger partial charge >= 0.3 is 6.18 Å². The third-order valence-corrected chi connectivity index (χ3v) is 7.14. The van der Waals surface area contributed by atoms with Gasteiger partial charge in [-0.25, -0.2) is 21.6 Å². The number of halogens is 6. The Labute approximate surface area is 179 Å². The fourth-order valence-corrected chi connectivity index (χ4v) is 5.15. The lowest BCUT2D eigenvalue weighted by Crippen LogP contribution is -2.54. The molecule has 3 rings (SSSR count). The van der Waals surface area contributed by atoms with Gasteiger partial charge in [0.05, 0.1) is 17.6 Å². The van der Waals surface area contributed by atoms with E-state index >= 15 is 0 Å². The van der Waals surface area contributed by atoms with Crippen LogP contribution in [0.1, 0.15) is 37.3 Å². The summed E-state index contributed by atoms with van der Waals surface area (Å²) >= 11 is 0. The highest BCUT2D eigenvalue weighted by atomic mass is 32.2. The topological polar surface area (TPSA) is 99.1 Å². The molecular formula is C19H19F6N3O3S. The number of sulfone groups is 1. The average Bonchev–Trinajstić information content (AvgIpc) is 3.61. The van der Waals surface area contributed by atoms with Crippen LogP contribution in [0, 0.1) is 34.7 Å². The molecule has 0 radical (unpaired) electrons. The highest BCUT2D eigenvalue weighted by molar-refractivity contribution is 7.91. The molecule has 1 amide bonds. The molecule has 2 N–H and O–H groups in total. The fourth-order valence-electron chi connectivity index (χ4n) is 3.20. The Bertz CT molecular complexity index is 1050. The first-order chi connectivity index (χ1) is 14.8. The van der Waals surface area contributed by atoms with Crippen LogP contribution in [0.25, 0.3) is 0 Å². The zero-order valence-electron chi connectivity index (χ0n) is 16.5. The molecule has 1 aromatic rings. The maximum atomic E-state index is 14.1. The van der Waals surface area contributed by atoms with E-state index in [0.717, 1.165) is 0 Å². The van der Waals surface area contributed by atoms with Gasteiger partial charge in [-0.15, -0.1) is 0 Å². The smallest absolute Gasteiger partial charge is 0.336 e. The summed E-state index contributed by atoms with van der Waals surface area (Å²) in [7, 11) is -4.00. The summed E-state index contributed by atoms with van der Waals surface area (Å²) in [6.07, 6.45) is -3.57. The number of nitrogens with zero attached hydrogens (tertiary/aromatic N) is 1. The van der Waals surface area contributed by atoms with Gasteiger partial charge in [0.1, 0.15) is 17.6 Å². The molecule has 2 aliphatic rings. The van der Waals surface area contributed by atoms with Gasteiger partial charge in [-0.2, -0.15) is 18.4 Å². The summed E-state index contributed by atoms with van der Waals surface area (Å²) in [6, 6.07) is -2.58.